The average molecular weight is 294 g/mol. The van der Waals surface area contributed by atoms with Crippen LogP contribution in [0.4, 0.5) is 0 Å². The van der Waals surface area contributed by atoms with Crippen LogP contribution >= 0.6 is 0 Å². The second-order valence-electron chi connectivity index (χ2n) is 5.20. The average Bonchev–Trinajstić information content (AvgIpc) is 2.45. The SMILES string of the molecule is CC/C=C\C/C=C\C=C/C(O)CCCCCCCC(=O)O. The summed E-state index contributed by atoms with van der Waals surface area (Å²) in [7, 11) is 0. The largest absolute Gasteiger partial charge is 0.481 e. The van der Waals surface area contributed by atoms with E-state index in [-0.39, 0.29) is 12.5 Å². The third-order valence-electron chi connectivity index (χ3n) is 3.15. The number of carbonyl (C=O) groups is 1. The Morgan fingerprint density at radius 3 is 2.43 bits per heavy atom. The molecule has 0 rings (SSSR count). The topological polar surface area (TPSA) is 57.5 Å². The fraction of sp³-hybridized carbons (Fsp3) is 0.611. The van der Waals surface area contributed by atoms with Crippen molar-refractivity contribution in [1.29, 1.82) is 0 Å². The molecular formula is C18H30O3. The lowest BCUT2D eigenvalue weighted by atomic mass is 10.1. The Bertz CT molecular complexity index is 329. The molecule has 1 unspecified atom stereocenters. The van der Waals surface area contributed by atoms with Crippen molar-refractivity contribution in [3.63, 3.8) is 0 Å². The number of carboxylic acids is 1. The number of hydrogen-bond acceptors (Lipinski definition) is 2. The number of rotatable bonds is 13. The van der Waals surface area contributed by atoms with E-state index in [0.717, 1.165) is 51.4 Å². The molecule has 0 fully saturated rings. The van der Waals surface area contributed by atoms with Crippen LogP contribution in [0.3, 0.4) is 0 Å². The first-order chi connectivity index (χ1) is 10.2. The molecule has 0 aromatic heterocycles. The fourth-order valence-electron chi connectivity index (χ4n) is 1.95. The predicted molar refractivity (Wildman–Crippen MR) is 88.3 cm³/mol. The normalized spacial score (nSPS) is 13.6. The van der Waals surface area contributed by atoms with Crippen LogP contribution in [0, 0.1) is 0 Å². The molecule has 0 aliphatic rings. The van der Waals surface area contributed by atoms with Gasteiger partial charge in [-0.05, 0) is 25.7 Å². The third kappa shape index (κ3) is 16.6. The van der Waals surface area contributed by atoms with E-state index >= 15 is 0 Å². The lowest BCUT2D eigenvalue weighted by Gasteiger charge is -2.04. The van der Waals surface area contributed by atoms with Gasteiger partial charge in [-0.25, -0.2) is 0 Å². The standard InChI is InChI=1S/C18H30O3/c1-2-3-4-5-6-8-11-14-17(19)15-12-9-7-10-13-16-18(20)21/h3-4,6,8,11,14,17,19H,2,5,7,9-10,12-13,15-16H2,1H3,(H,20,21)/b4-3-,8-6-,14-11-. The summed E-state index contributed by atoms with van der Waals surface area (Å²) < 4.78 is 0. The minimum absolute atomic E-state index is 0.269. The summed E-state index contributed by atoms with van der Waals surface area (Å²) in [6, 6.07) is 0. The maximum Gasteiger partial charge on any atom is 0.303 e. The van der Waals surface area contributed by atoms with E-state index in [1.54, 1.807) is 0 Å². The van der Waals surface area contributed by atoms with Crippen molar-refractivity contribution in [1.82, 2.24) is 0 Å². The fourth-order valence-corrected chi connectivity index (χ4v) is 1.95. The molecule has 2 N–H and O–H groups in total. The van der Waals surface area contributed by atoms with Gasteiger partial charge in [-0.2, -0.15) is 0 Å². The van der Waals surface area contributed by atoms with Crippen LogP contribution < -0.4 is 0 Å². The zero-order valence-corrected chi connectivity index (χ0v) is 13.2. The summed E-state index contributed by atoms with van der Waals surface area (Å²) in [6.45, 7) is 2.11. The molecule has 0 saturated carbocycles. The minimum Gasteiger partial charge on any atom is -0.481 e. The summed E-state index contributed by atoms with van der Waals surface area (Å²) in [5.41, 5.74) is 0. The Balaban J connectivity index is 3.46. The first-order valence-corrected chi connectivity index (χ1v) is 8.05. The van der Waals surface area contributed by atoms with Crippen LogP contribution in [0.1, 0.15) is 64.7 Å². The number of carboxylic acid groups (broad SMARTS) is 1. The van der Waals surface area contributed by atoms with Gasteiger partial charge in [-0.3, -0.25) is 4.79 Å². The zero-order valence-electron chi connectivity index (χ0n) is 13.2. The van der Waals surface area contributed by atoms with E-state index < -0.39 is 5.97 Å². The Morgan fingerprint density at radius 1 is 1.00 bits per heavy atom. The van der Waals surface area contributed by atoms with E-state index in [4.69, 9.17) is 5.11 Å². The van der Waals surface area contributed by atoms with Crippen LogP contribution in [-0.2, 0) is 4.79 Å². The maximum atomic E-state index is 10.3. The Labute approximate surface area is 129 Å². The molecule has 0 spiro atoms. The van der Waals surface area contributed by atoms with Gasteiger partial charge in [-0.1, -0.05) is 69.1 Å². The van der Waals surface area contributed by atoms with Crippen molar-refractivity contribution in [3.05, 3.63) is 36.5 Å². The van der Waals surface area contributed by atoms with Crippen molar-refractivity contribution < 1.29 is 15.0 Å². The van der Waals surface area contributed by atoms with E-state index in [9.17, 15) is 9.90 Å². The van der Waals surface area contributed by atoms with Gasteiger partial charge in [0, 0.05) is 6.42 Å². The molecule has 0 radical (unpaired) electrons. The molecule has 21 heavy (non-hydrogen) atoms. The molecule has 0 bridgehead atoms. The first kappa shape index (κ1) is 19.7. The molecule has 3 heteroatoms. The maximum absolute atomic E-state index is 10.3. The first-order valence-electron chi connectivity index (χ1n) is 8.05. The Hall–Kier alpha value is -1.35. The van der Waals surface area contributed by atoms with E-state index in [0.29, 0.717) is 0 Å². The summed E-state index contributed by atoms with van der Waals surface area (Å²) in [5, 5.41) is 18.3. The van der Waals surface area contributed by atoms with Gasteiger partial charge in [0.05, 0.1) is 6.10 Å². The van der Waals surface area contributed by atoms with Crippen molar-refractivity contribution in [2.75, 3.05) is 0 Å². The lowest BCUT2D eigenvalue weighted by molar-refractivity contribution is -0.137. The quantitative estimate of drug-likeness (QED) is 0.296. The number of aliphatic hydroxyl groups is 1. The number of aliphatic hydroxyl groups excluding tert-OH is 1. The van der Waals surface area contributed by atoms with Gasteiger partial charge in [0.1, 0.15) is 0 Å². The highest BCUT2D eigenvalue weighted by Crippen LogP contribution is 2.09. The smallest absolute Gasteiger partial charge is 0.303 e. The molecule has 0 heterocycles. The van der Waals surface area contributed by atoms with E-state index in [1.165, 1.54) is 0 Å². The monoisotopic (exact) mass is 294 g/mol. The Kier molecular flexibility index (Phi) is 14.1. The molecule has 120 valence electrons. The van der Waals surface area contributed by atoms with Gasteiger partial charge in [0.25, 0.3) is 0 Å². The van der Waals surface area contributed by atoms with Gasteiger partial charge >= 0.3 is 5.97 Å². The summed E-state index contributed by atoms with van der Waals surface area (Å²) in [5.74, 6) is -0.714. The van der Waals surface area contributed by atoms with Gasteiger partial charge < -0.3 is 10.2 Å². The van der Waals surface area contributed by atoms with Crippen LogP contribution in [0.2, 0.25) is 0 Å². The van der Waals surface area contributed by atoms with Gasteiger partial charge in [0.15, 0.2) is 0 Å². The predicted octanol–water partition coefficient (Wildman–Crippen LogP) is 4.63. The van der Waals surface area contributed by atoms with Crippen LogP contribution in [0.25, 0.3) is 0 Å². The molecule has 0 aliphatic carbocycles. The Morgan fingerprint density at radius 2 is 1.71 bits per heavy atom. The van der Waals surface area contributed by atoms with Crippen molar-refractivity contribution in [2.45, 2.75) is 70.8 Å². The number of hydrogen-bond donors (Lipinski definition) is 2. The number of allylic oxidation sites excluding steroid dienone is 5. The summed E-state index contributed by atoms with van der Waals surface area (Å²) >= 11 is 0. The molecule has 1 atom stereocenters. The van der Waals surface area contributed by atoms with Crippen LogP contribution in [0.5, 0.6) is 0 Å². The molecule has 0 amide bonds. The highest BCUT2D eigenvalue weighted by molar-refractivity contribution is 5.66. The van der Waals surface area contributed by atoms with Crippen molar-refractivity contribution in [3.8, 4) is 0 Å². The molecule has 0 saturated heterocycles. The second-order valence-corrected chi connectivity index (χ2v) is 5.20. The second kappa shape index (κ2) is 15.0. The molecular weight excluding hydrogens is 264 g/mol. The van der Waals surface area contributed by atoms with Crippen LogP contribution in [0.15, 0.2) is 36.5 Å². The highest BCUT2D eigenvalue weighted by Gasteiger charge is 1.99. The highest BCUT2D eigenvalue weighted by atomic mass is 16.4. The zero-order chi connectivity index (χ0) is 15.8. The molecule has 3 nitrogen and oxygen atoms in total. The van der Waals surface area contributed by atoms with Crippen molar-refractivity contribution in [2.24, 2.45) is 0 Å². The summed E-state index contributed by atoms with van der Waals surface area (Å²) in [4.78, 5) is 10.3. The summed E-state index contributed by atoms with van der Waals surface area (Å²) in [6.07, 6.45) is 19.5. The van der Waals surface area contributed by atoms with Gasteiger partial charge in [-0.15, -0.1) is 0 Å². The lowest BCUT2D eigenvalue weighted by Crippen LogP contribution is -2.01. The van der Waals surface area contributed by atoms with Gasteiger partial charge in [0.2, 0.25) is 0 Å². The van der Waals surface area contributed by atoms with E-state index in [1.807, 2.05) is 18.2 Å². The molecule has 0 aliphatic heterocycles. The molecule has 0 aromatic carbocycles. The van der Waals surface area contributed by atoms with Crippen molar-refractivity contribution >= 4 is 5.97 Å². The third-order valence-corrected chi connectivity index (χ3v) is 3.15. The van der Waals surface area contributed by atoms with Crippen LogP contribution in [-0.4, -0.2) is 22.3 Å². The molecule has 0 aromatic rings. The number of unbranched alkanes of at least 4 members (excludes halogenated alkanes) is 4. The number of aliphatic carboxylic acids is 1. The minimum atomic E-state index is -0.714. The van der Waals surface area contributed by atoms with E-state index in [2.05, 4.69) is 25.2 Å².